The lowest BCUT2D eigenvalue weighted by molar-refractivity contribution is -0.148. The summed E-state index contributed by atoms with van der Waals surface area (Å²) in [7, 11) is 0. The first-order valence-corrected chi connectivity index (χ1v) is 10.3. The van der Waals surface area contributed by atoms with Gasteiger partial charge in [-0.15, -0.1) is 5.10 Å². The topological polar surface area (TPSA) is 72.3 Å². The lowest BCUT2D eigenvalue weighted by Gasteiger charge is -2.31. The summed E-state index contributed by atoms with van der Waals surface area (Å²) in [6.45, 7) is -0.154. The van der Waals surface area contributed by atoms with E-state index in [1.54, 1.807) is 4.52 Å². The van der Waals surface area contributed by atoms with Crippen molar-refractivity contribution in [3.63, 3.8) is 0 Å². The van der Waals surface area contributed by atoms with E-state index in [0.717, 1.165) is 36.1 Å². The van der Waals surface area contributed by atoms with Crippen molar-refractivity contribution >= 4 is 11.6 Å². The summed E-state index contributed by atoms with van der Waals surface area (Å²) in [5, 5.41) is 4.58. The van der Waals surface area contributed by atoms with Gasteiger partial charge in [0.05, 0.1) is 12.2 Å². The largest absolute Gasteiger partial charge is 0.401 e. The van der Waals surface area contributed by atoms with Crippen molar-refractivity contribution in [3.05, 3.63) is 41.7 Å². The molecule has 158 valence electrons. The van der Waals surface area contributed by atoms with E-state index >= 15 is 0 Å². The third-order valence-electron chi connectivity index (χ3n) is 5.87. The van der Waals surface area contributed by atoms with E-state index in [9.17, 15) is 13.2 Å². The van der Waals surface area contributed by atoms with Gasteiger partial charge in [-0.1, -0.05) is 30.3 Å². The number of hydrogen-bond acceptors (Lipinski definition) is 5. The van der Waals surface area contributed by atoms with Gasteiger partial charge in [0, 0.05) is 23.6 Å². The summed E-state index contributed by atoms with van der Waals surface area (Å²) in [6.07, 6.45) is -0.623. The Morgan fingerprint density at radius 3 is 2.50 bits per heavy atom. The van der Waals surface area contributed by atoms with E-state index < -0.39 is 12.7 Å². The Morgan fingerprint density at radius 2 is 1.80 bits per heavy atom. The molecule has 0 radical (unpaired) electrons. The number of benzene rings is 1. The zero-order valence-electron chi connectivity index (χ0n) is 16.4. The Morgan fingerprint density at radius 1 is 1.03 bits per heavy atom. The number of aromatic nitrogens is 4. The standard InChI is InChI=1S/C21H23F3N6/c22-21(23,24)12-29-10-4-7-15(11-29)18-27-19-16(13-8-9-13)17(14-5-2-1-3-6-14)26-20(25)30(19)28-18/h1-3,5-6,13,15H,4,7-12H2,(H2,25,26). The van der Waals surface area contributed by atoms with Gasteiger partial charge >= 0.3 is 6.18 Å². The Balaban J connectivity index is 1.54. The minimum absolute atomic E-state index is 0.146. The van der Waals surface area contributed by atoms with Crippen molar-refractivity contribution in [3.8, 4) is 11.3 Å². The Kier molecular flexibility index (Phi) is 4.65. The minimum Gasteiger partial charge on any atom is -0.368 e. The van der Waals surface area contributed by atoms with Crippen LogP contribution in [0.5, 0.6) is 0 Å². The van der Waals surface area contributed by atoms with Crippen LogP contribution in [-0.4, -0.2) is 50.3 Å². The van der Waals surface area contributed by atoms with E-state index in [2.05, 4.69) is 10.1 Å². The molecule has 9 heteroatoms. The van der Waals surface area contributed by atoms with Crippen LogP contribution >= 0.6 is 0 Å². The Bertz CT molecular complexity index is 1060. The van der Waals surface area contributed by atoms with Crippen LogP contribution in [-0.2, 0) is 0 Å². The minimum atomic E-state index is -4.20. The predicted octanol–water partition coefficient (Wildman–Crippen LogP) is 3.99. The first kappa shape index (κ1) is 19.3. The molecule has 0 amide bonds. The smallest absolute Gasteiger partial charge is 0.368 e. The highest BCUT2D eigenvalue weighted by Crippen LogP contribution is 2.46. The zero-order chi connectivity index (χ0) is 20.9. The highest BCUT2D eigenvalue weighted by atomic mass is 19.4. The number of nitrogen functional groups attached to an aromatic ring is 1. The van der Waals surface area contributed by atoms with Crippen LogP contribution in [0.1, 0.15) is 48.9 Å². The predicted molar refractivity (Wildman–Crippen MR) is 107 cm³/mol. The van der Waals surface area contributed by atoms with Crippen LogP contribution in [0.3, 0.4) is 0 Å². The molecule has 2 aliphatic rings. The zero-order valence-corrected chi connectivity index (χ0v) is 16.4. The number of fused-ring (bicyclic) bond motifs is 1. The second-order valence-corrected chi connectivity index (χ2v) is 8.27. The monoisotopic (exact) mass is 416 g/mol. The van der Waals surface area contributed by atoms with Gasteiger partial charge in [-0.2, -0.15) is 17.7 Å². The lowest BCUT2D eigenvalue weighted by Crippen LogP contribution is -2.40. The fourth-order valence-electron chi connectivity index (χ4n) is 4.39. The van der Waals surface area contributed by atoms with E-state index in [1.165, 1.54) is 4.90 Å². The Hall–Kier alpha value is -2.68. The lowest BCUT2D eigenvalue weighted by atomic mass is 9.97. The number of likely N-dealkylation sites (tertiary alicyclic amines) is 1. The second-order valence-electron chi connectivity index (χ2n) is 8.27. The fraction of sp³-hybridized carbons (Fsp3) is 0.476. The van der Waals surface area contributed by atoms with Gasteiger partial charge in [-0.05, 0) is 38.1 Å². The van der Waals surface area contributed by atoms with Crippen LogP contribution in [0, 0.1) is 0 Å². The molecule has 1 aliphatic heterocycles. The van der Waals surface area contributed by atoms with Gasteiger partial charge in [0.1, 0.15) is 0 Å². The maximum absolute atomic E-state index is 12.8. The molecule has 2 aromatic heterocycles. The molecular weight excluding hydrogens is 393 g/mol. The number of anilines is 1. The molecule has 0 bridgehead atoms. The summed E-state index contributed by atoms with van der Waals surface area (Å²) in [6, 6.07) is 9.86. The molecule has 1 aliphatic carbocycles. The number of alkyl halides is 3. The molecule has 1 saturated heterocycles. The maximum Gasteiger partial charge on any atom is 0.401 e. The number of rotatable bonds is 4. The van der Waals surface area contributed by atoms with E-state index in [4.69, 9.17) is 10.7 Å². The molecule has 1 unspecified atom stereocenters. The highest BCUT2D eigenvalue weighted by molar-refractivity contribution is 5.73. The van der Waals surface area contributed by atoms with Gasteiger partial charge in [-0.25, -0.2) is 9.97 Å². The molecule has 3 aromatic rings. The SMILES string of the molecule is Nc1nc(-c2ccccc2)c(C2CC2)c2nc(C3CCCN(CC(F)(F)F)C3)nn12. The van der Waals surface area contributed by atoms with Crippen LogP contribution in [0.2, 0.25) is 0 Å². The molecule has 1 saturated carbocycles. The average molecular weight is 416 g/mol. The first-order chi connectivity index (χ1) is 14.4. The van der Waals surface area contributed by atoms with Gasteiger partial charge in [0.2, 0.25) is 5.95 Å². The van der Waals surface area contributed by atoms with Crippen molar-refractivity contribution in [2.24, 2.45) is 0 Å². The van der Waals surface area contributed by atoms with Crippen LogP contribution in [0.15, 0.2) is 30.3 Å². The van der Waals surface area contributed by atoms with Crippen LogP contribution in [0.25, 0.3) is 16.9 Å². The quantitative estimate of drug-likeness (QED) is 0.696. The molecule has 30 heavy (non-hydrogen) atoms. The molecule has 1 aromatic carbocycles. The molecule has 1 atom stereocenters. The number of nitrogens with zero attached hydrogens (tertiary/aromatic N) is 5. The van der Waals surface area contributed by atoms with E-state index in [0.29, 0.717) is 36.9 Å². The van der Waals surface area contributed by atoms with Crippen molar-refractivity contribution in [2.45, 2.75) is 43.7 Å². The van der Waals surface area contributed by atoms with Crippen molar-refractivity contribution < 1.29 is 13.2 Å². The van der Waals surface area contributed by atoms with Crippen molar-refractivity contribution in [1.29, 1.82) is 0 Å². The second kappa shape index (κ2) is 7.23. The number of piperidine rings is 1. The summed E-state index contributed by atoms with van der Waals surface area (Å²) in [5.41, 5.74) is 9.76. The van der Waals surface area contributed by atoms with E-state index in [-0.39, 0.29) is 11.9 Å². The number of nitrogens with two attached hydrogens (primary N) is 1. The molecule has 2 fully saturated rings. The highest BCUT2D eigenvalue weighted by Gasteiger charge is 2.36. The van der Waals surface area contributed by atoms with E-state index in [1.807, 2.05) is 30.3 Å². The first-order valence-electron chi connectivity index (χ1n) is 10.3. The van der Waals surface area contributed by atoms with Gasteiger partial charge in [0.15, 0.2) is 11.5 Å². The van der Waals surface area contributed by atoms with Gasteiger partial charge in [0.25, 0.3) is 0 Å². The van der Waals surface area contributed by atoms with Gasteiger partial charge in [-0.3, -0.25) is 4.90 Å². The molecule has 2 N–H and O–H groups in total. The summed E-state index contributed by atoms with van der Waals surface area (Å²) < 4.78 is 40.1. The number of hydrogen-bond donors (Lipinski definition) is 1. The van der Waals surface area contributed by atoms with Crippen LogP contribution in [0.4, 0.5) is 19.1 Å². The third kappa shape index (κ3) is 3.74. The average Bonchev–Trinajstić information content (AvgIpc) is 3.44. The molecule has 3 heterocycles. The third-order valence-corrected chi connectivity index (χ3v) is 5.87. The maximum atomic E-state index is 12.8. The fourth-order valence-corrected chi connectivity index (χ4v) is 4.39. The van der Waals surface area contributed by atoms with Crippen LogP contribution < -0.4 is 5.73 Å². The number of halogens is 3. The summed E-state index contributed by atoms with van der Waals surface area (Å²) >= 11 is 0. The molecule has 6 nitrogen and oxygen atoms in total. The molecule has 5 rings (SSSR count). The molecular formula is C21H23F3N6. The van der Waals surface area contributed by atoms with Crippen molar-refractivity contribution in [2.75, 3.05) is 25.4 Å². The summed E-state index contributed by atoms with van der Waals surface area (Å²) in [5.74, 6) is 1.02. The molecule has 0 spiro atoms. The van der Waals surface area contributed by atoms with Gasteiger partial charge < -0.3 is 5.73 Å². The summed E-state index contributed by atoms with van der Waals surface area (Å²) in [4.78, 5) is 10.9. The van der Waals surface area contributed by atoms with Crippen molar-refractivity contribution in [1.82, 2.24) is 24.5 Å². The Labute approximate surface area is 171 Å². The normalized spacial score (nSPS) is 20.7.